The summed E-state index contributed by atoms with van der Waals surface area (Å²) in [7, 11) is 1.57. The quantitative estimate of drug-likeness (QED) is 0.862. The van der Waals surface area contributed by atoms with E-state index >= 15 is 0 Å². The summed E-state index contributed by atoms with van der Waals surface area (Å²) < 4.78 is 5.45. The van der Waals surface area contributed by atoms with Gasteiger partial charge in [-0.2, -0.15) is 0 Å². The van der Waals surface area contributed by atoms with Gasteiger partial charge in [-0.1, -0.05) is 54.6 Å². The summed E-state index contributed by atoms with van der Waals surface area (Å²) >= 11 is 0. The molecule has 1 amide bonds. The molecule has 1 heterocycles. The van der Waals surface area contributed by atoms with Crippen molar-refractivity contribution in [1.29, 1.82) is 0 Å². The third-order valence-electron chi connectivity index (χ3n) is 3.65. The van der Waals surface area contributed by atoms with E-state index in [-0.39, 0.29) is 5.91 Å². The zero-order valence-corrected chi connectivity index (χ0v) is 11.9. The van der Waals surface area contributed by atoms with Gasteiger partial charge < -0.3 is 9.64 Å². The number of hydrogen-bond donors (Lipinski definition) is 0. The lowest BCUT2D eigenvalue weighted by Gasteiger charge is -2.22. The molecule has 3 rings (SSSR count). The molecule has 0 spiro atoms. The summed E-state index contributed by atoms with van der Waals surface area (Å²) in [6, 6.07) is 17.8. The molecule has 0 saturated heterocycles. The first-order chi connectivity index (χ1) is 10.3. The van der Waals surface area contributed by atoms with E-state index in [9.17, 15) is 4.79 Å². The number of carbonyl (C=O) groups is 1. The Balaban J connectivity index is 1.93. The normalized spacial score (nSPS) is 17.5. The first kappa shape index (κ1) is 13.6. The maximum Gasteiger partial charge on any atom is 0.260 e. The third kappa shape index (κ3) is 2.73. The van der Waals surface area contributed by atoms with Gasteiger partial charge in [0, 0.05) is 13.3 Å². The van der Waals surface area contributed by atoms with Crippen LogP contribution in [0.25, 0.3) is 6.08 Å². The molecular formula is C18H17NO2. The van der Waals surface area contributed by atoms with Crippen LogP contribution in [0.5, 0.6) is 0 Å². The Kier molecular flexibility index (Phi) is 3.84. The molecule has 0 aromatic heterocycles. The summed E-state index contributed by atoms with van der Waals surface area (Å²) in [4.78, 5) is 14.4. The fourth-order valence-electron chi connectivity index (χ4n) is 2.57. The Hall–Kier alpha value is -2.39. The summed E-state index contributed by atoms with van der Waals surface area (Å²) in [5.74, 6) is -0.0393. The van der Waals surface area contributed by atoms with Crippen LogP contribution in [0.4, 0.5) is 0 Å². The van der Waals surface area contributed by atoms with E-state index in [0.29, 0.717) is 6.54 Å². The summed E-state index contributed by atoms with van der Waals surface area (Å²) in [6.45, 7) is 0.546. The number of methoxy groups -OCH3 is 1. The molecule has 2 aromatic rings. The molecule has 1 unspecified atom stereocenters. The number of nitrogens with zero attached hydrogens (tertiary/aromatic N) is 1. The third-order valence-corrected chi connectivity index (χ3v) is 3.65. The molecule has 106 valence electrons. The Bertz CT molecular complexity index is 664. The monoisotopic (exact) mass is 279 g/mol. The summed E-state index contributed by atoms with van der Waals surface area (Å²) in [6.07, 6.45) is 3.25. The first-order valence-corrected chi connectivity index (χ1v) is 6.94. The molecular weight excluding hydrogens is 262 g/mol. The predicted molar refractivity (Wildman–Crippen MR) is 82.2 cm³/mol. The Morgan fingerprint density at radius 2 is 1.76 bits per heavy atom. The second-order valence-corrected chi connectivity index (χ2v) is 5.01. The molecule has 2 aromatic carbocycles. The maximum atomic E-state index is 12.7. The molecule has 3 heteroatoms. The van der Waals surface area contributed by atoms with E-state index in [0.717, 1.165) is 16.7 Å². The molecule has 21 heavy (non-hydrogen) atoms. The van der Waals surface area contributed by atoms with Gasteiger partial charge in [-0.25, -0.2) is 0 Å². The van der Waals surface area contributed by atoms with E-state index in [1.54, 1.807) is 12.0 Å². The van der Waals surface area contributed by atoms with Gasteiger partial charge in [-0.15, -0.1) is 0 Å². The lowest BCUT2D eigenvalue weighted by atomic mass is 10.0. The fraction of sp³-hybridized carbons (Fsp3) is 0.167. The molecule has 0 saturated carbocycles. The number of ether oxygens (including phenoxy) is 1. The number of carbonyl (C=O) groups excluding carboxylic acids is 1. The number of amides is 1. The van der Waals surface area contributed by atoms with Gasteiger partial charge >= 0.3 is 0 Å². The highest BCUT2D eigenvalue weighted by Crippen LogP contribution is 2.28. The fourth-order valence-corrected chi connectivity index (χ4v) is 2.57. The van der Waals surface area contributed by atoms with Crippen LogP contribution in [0.3, 0.4) is 0 Å². The maximum absolute atomic E-state index is 12.7. The lowest BCUT2D eigenvalue weighted by molar-refractivity contribution is -0.140. The van der Waals surface area contributed by atoms with Gasteiger partial charge in [0.25, 0.3) is 5.91 Å². The van der Waals surface area contributed by atoms with Crippen LogP contribution in [-0.4, -0.2) is 17.9 Å². The van der Waals surface area contributed by atoms with Crippen LogP contribution >= 0.6 is 0 Å². The van der Waals surface area contributed by atoms with E-state index in [1.807, 2.05) is 66.9 Å². The molecule has 3 nitrogen and oxygen atoms in total. The second kappa shape index (κ2) is 5.94. The van der Waals surface area contributed by atoms with Crippen LogP contribution in [-0.2, 0) is 16.1 Å². The molecule has 0 radical (unpaired) electrons. The van der Waals surface area contributed by atoms with Crippen molar-refractivity contribution in [3.63, 3.8) is 0 Å². The van der Waals surface area contributed by atoms with Gasteiger partial charge in [0.15, 0.2) is 6.10 Å². The average Bonchev–Trinajstić information content (AvgIpc) is 2.66. The standard InChI is InChI=1S/C18H17NO2/c1-21-17-16-10-6-5-9-15(16)11-12-19(18(17)20)13-14-7-3-2-4-8-14/h2-12,17H,13H2,1H3. The minimum absolute atomic E-state index is 0.0393. The highest BCUT2D eigenvalue weighted by molar-refractivity contribution is 5.86. The molecule has 1 atom stereocenters. The van der Waals surface area contributed by atoms with E-state index < -0.39 is 6.10 Å². The number of fused-ring (bicyclic) bond motifs is 1. The van der Waals surface area contributed by atoms with Crippen molar-refractivity contribution >= 4 is 12.0 Å². The van der Waals surface area contributed by atoms with E-state index in [4.69, 9.17) is 4.74 Å². The Morgan fingerprint density at radius 3 is 2.52 bits per heavy atom. The largest absolute Gasteiger partial charge is 0.367 e. The molecule has 1 aliphatic rings. The van der Waals surface area contributed by atoms with E-state index in [1.165, 1.54) is 0 Å². The van der Waals surface area contributed by atoms with Crippen LogP contribution < -0.4 is 0 Å². The minimum atomic E-state index is -0.556. The highest BCUT2D eigenvalue weighted by atomic mass is 16.5. The SMILES string of the molecule is COC1C(=O)N(Cc2ccccc2)C=Cc2ccccc21. The lowest BCUT2D eigenvalue weighted by Crippen LogP contribution is -2.30. The van der Waals surface area contributed by atoms with Crippen molar-refractivity contribution in [2.45, 2.75) is 12.6 Å². The van der Waals surface area contributed by atoms with Gasteiger partial charge in [0.05, 0.1) is 6.54 Å². The zero-order valence-electron chi connectivity index (χ0n) is 11.9. The number of hydrogen-bond acceptors (Lipinski definition) is 2. The molecule has 1 aliphatic heterocycles. The van der Waals surface area contributed by atoms with Crippen molar-refractivity contribution in [2.24, 2.45) is 0 Å². The number of rotatable bonds is 3. The van der Waals surface area contributed by atoms with Crippen molar-refractivity contribution in [1.82, 2.24) is 4.90 Å². The summed E-state index contributed by atoms with van der Waals surface area (Å²) in [5, 5.41) is 0. The molecule has 0 bridgehead atoms. The smallest absolute Gasteiger partial charge is 0.260 e. The molecule has 0 N–H and O–H groups in total. The highest BCUT2D eigenvalue weighted by Gasteiger charge is 2.28. The summed E-state index contributed by atoms with van der Waals surface area (Å²) in [5.41, 5.74) is 3.03. The van der Waals surface area contributed by atoms with Crippen molar-refractivity contribution in [3.05, 3.63) is 77.5 Å². The Labute approximate surface area is 124 Å². The van der Waals surface area contributed by atoms with Gasteiger partial charge in [-0.3, -0.25) is 4.79 Å². The van der Waals surface area contributed by atoms with Crippen molar-refractivity contribution < 1.29 is 9.53 Å². The average molecular weight is 279 g/mol. The van der Waals surface area contributed by atoms with Crippen LogP contribution in [0.15, 0.2) is 60.8 Å². The molecule has 0 aliphatic carbocycles. The Morgan fingerprint density at radius 1 is 1.05 bits per heavy atom. The minimum Gasteiger partial charge on any atom is -0.367 e. The van der Waals surface area contributed by atoms with Gasteiger partial charge in [-0.05, 0) is 22.8 Å². The van der Waals surface area contributed by atoms with Crippen molar-refractivity contribution in [3.8, 4) is 0 Å². The zero-order chi connectivity index (χ0) is 14.7. The van der Waals surface area contributed by atoms with Gasteiger partial charge in [0.1, 0.15) is 0 Å². The second-order valence-electron chi connectivity index (χ2n) is 5.01. The van der Waals surface area contributed by atoms with Crippen LogP contribution in [0.1, 0.15) is 22.8 Å². The van der Waals surface area contributed by atoms with Crippen molar-refractivity contribution in [2.75, 3.05) is 7.11 Å². The molecule has 0 fully saturated rings. The number of benzene rings is 2. The van der Waals surface area contributed by atoms with Gasteiger partial charge in [0.2, 0.25) is 0 Å². The topological polar surface area (TPSA) is 29.5 Å². The first-order valence-electron chi connectivity index (χ1n) is 6.94. The van der Waals surface area contributed by atoms with Crippen LogP contribution in [0.2, 0.25) is 0 Å². The van der Waals surface area contributed by atoms with E-state index in [2.05, 4.69) is 0 Å². The van der Waals surface area contributed by atoms with Crippen LogP contribution in [0, 0.1) is 0 Å². The predicted octanol–water partition coefficient (Wildman–Crippen LogP) is 3.39.